The lowest BCUT2D eigenvalue weighted by Gasteiger charge is -2.21. The Balaban J connectivity index is 1.90. The SMILES string of the molecule is COC(=O)c1ccnc(NCC2CCCCS2)c1. The average Bonchev–Trinajstić information content (AvgIpc) is 2.45. The van der Waals surface area contributed by atoms with Crippen molar-refractivity contribution in [3.63, 3.8) is 0 Å². The van der Waals surface area contributed by atoms with Gasteiger partial charge in [0, 0.05) is 18.0 Å². The third-order valence-electron chi connectivity index (χ3n) is 2.97. The first-order valence-electron chi connectivity index (χ1n) is 6.19. The highest BCUT2D eigenvalue weighted by Gasteiger charge is 2.14. The number of carbonyl (C=O) groups excluding carboxylic acids is 1. The maximum Gasteiger partial charge on any atom is 0.338 e. The summed E-state index contributed by atoms with van der Waals surface area (Å²) in [7, 11) is 1.38. The number of methoxy groups -OCH3 is 1. The van der Waals surface area contributed by atoms with Gasteiger partial charge < -0.3 is 10.1 Å². The standard InChI is InChI=1S/C13H18N2O2S/c1-17-13(16)10-5-6-14-12(8-10)15-9-11-4-2-3-7-18-11/h5-6,8,11H,2-4,7,9H2,1H3,(H,14,15). The average molecular weight is 266 g/mol. The third-order valence-corrected chi connectivity index (χ3v) is 4.36. The zero-order valence-corrected chi connectivity index (χ0v) is 11.3. The highest BCUT2D eigenvalue weighted by Crippen LogP contribution is 2.25. The summed E-state index contributed by atoms with van der Waals surface area (Å²) in [5.41, 5.74) is 0.534. The Morgan fingerprint density at radius 1 is 1.61 bits per heavy atom. The van der Waals surface area contributed by atoms with Crippen molar-refractivity contribution in [2.24, 2.45) is 0 Å². The van der Waals surface area contributed by atoms with Crippen molar-refractivity contribution >= 4 is 23.5 Å². The van der Waals surface area contributed by atoms with Gasteiger partial charge in [0.05, 0.1) is 12.7 Å². The number of hydrogen-bond acceptors (Lipinski definition) is 5. The number of nitrogens with one attached hydrogen (secondary N) is 1. The Kier molecular flexibility index (Phi) is 4.87. The third kappa shape index (κ3) is 3.63. The van der Waals surface area contributed by atoms with E-state index >= 15 is 0 Å². The summed E-state index contributed by atoms with van der Waals surface area (Å²) in [5.74, 6) is 1.67. The predicted molar refractivity (Wildman–Crippen MR) is 74.2 cm³/mol. The van der Waals surface area contributed by atoms with Crippen LogP contribution in [-0.4, -0.2) is 35.6 Å². The molecule has 1 saturated heterocycles. The Morgan fingerprint density at radius 3 is 3.22 bits per heavy atom. The first kappa shape index (κ1) is 13.2. The fraction of sp³-hybridized carbons (Fsp3) is 0.538. The molecule has 1 atom stereocenters. The van der Waals surface area contributed by atoms with Gasteiger partial charge in [-0.2, -0.15) is 11.8 Å². The number of anilines is 1. The van der Waals surface area contributed by atoms with Crippen molar-refractivity contribution in [2.75, 3.05) is 24.7 Å². The molecule has 2 rings (SSSR count). The quantitative estimate of drug-likeness (QED) is 0.849. The number of nitrogens with zero attached hydrogens (tertiary/aromatic N) is 1. The van der Waals surface area contributed by atoms with Crippen molar-refractivity contribution in [1.82, 2.24) is 4.98 Å². The van der Waals surface area contributed by atoms with Gasteiger partial charge in [0.2, 0.25) is 0 Å². The lowest BCUT2D eigenvalue weighted by Crippen LogP contribution is -2.20. The molecule has 0 saturated carbocycles. The van der Waals surface area contributed by atoms with Crippen LogP contribution in [0.3, 0.4) is 0 Å². The van der Waals surface area contributed by atoms with Gasteiger partial charge in [-0.1, -0.05) is 6.42 Å². The van der Waals surface area contributed by atoms with Crippen LogP contribution >= 0.6 is 11.8 Å². The molecule has 18 heavy (non-hydrogen) atoms. The van der Waals surface area contributed by atoms with Gasteiger partial charge in [-0.25, -0.2) is 9.78 Å². The van der Waals surface area contributed by atoms with Crippen molar-refractivity contribution in [3.05, 3.63) is 23.9 Å². The summed E-state index contributed by atoms with van der Waals surface area (Å²) in [4.78, 5) is 15.6. The molecular weight excluding hydrogens is 248 g/mol. The molecule has 5 heteroatoms. The largest absolute Gasteiger partial charge is 0.465 e. The van der Waals surface area contributed by atoms with Crippen LogP contribution in [-0.2, 0) is 4.74 Å². The van der Waals surface area contributed by atoms with Crippen LogP contribution in [0, 0.1) is 0 Å². The molecule has 4 nitrogen and oxygen atoms in total. The first-order valence-corrected chi connectivity index (χ1v) is 7.24. The lowest BCUT2D eigenvalue weighted by atomic mass is 10.2. The van der Waals surface area contributed by atoms with Gasteiger partial charge in [0.1, 0.15) is 5.82 Å². The molecule has 98 valence electrons. The molecule has 0 amide bonds. The van der Waals surface area contributed by atoms with E-state index in [4.69, 9.17) is 0 Å². The van der Waals surface area contributed by atoms with Crippen LogP contribution in [0.4, 0.5) is 5.82 Å². The molecule has 0 radical (unpaired) electrons. The van der Waals surface area contributed by atoms with Crippen molar-refractivity contribution in [2.45, 2.75) is 24.5 Å². The van der Waals surface area contributed by atoms with E-state index in [0.717, 1.165) is 12.4 Å². The molecule has 1 aromatic heterocycles. The molecule has 1 N–H and O–H groups in total. The van der Waals surface area contributed by atoms with Crippen LogP contribution < -0.4 is 5.32 Å². The van der Waals surface area contributed by atoms with Crippen LogP contribution in [0.2, 0.25) is 0 Å². The van der Waals surface area contributed by atoms with Gasteiger partial charge in [-0.15, -0.1) is 0 Å². The highest BCUT2D eigenvalue weighted by atomic mass is 32.2. The first-order chi connectivity index (χ1) is 8.79. The second-order valence-corrected chi connectivity index (χ2v) is 5.70. The number of hydrogen-bond donors (Lipinski definition) is 1. The van der Waals surface area contributed by atoms with Gasteiger partial charge in [-0.05, 0) is 30.7 Å². The minimum atomic E-state index is -0.326. The number of thioether (sulfide) groups is 1. The summed E-state index contributed by atoms with van der Waals surface area (Å²) in [6.45, 7) is 0.905. The Hall–Kier alpha value is -1.23. The zero-order chi connectivity index (χ0) is 12.8. The molecule has 1 unspecified atom stereocenters. The van der Waals surface area contributed by atoms with Crippen LogP contribution in [0.25, 0.3) is 0 Å². The maximum absolute atomic E-state index is 11.4. The molecule has 0 bridgehead atoms. The molecular formula is C13H18N2O2S. The molecule has 1 aliphatic rings. The molecule has 0 aromatic carbocycles. The van der Waals surface area contributed by atoms with Gasteiger partial charge in [0.15, 0.2) is 0 Å². The van der Waals surface area contributed by atoms with Crippen molar-refractivity contribution in [3.8, 4) is 0 Å². The number of esters is 1. The lowest BCUT2D eigenvalue weighted by molar-refractivity contribution is 0.0600. The van der Waals surface area contributed by atoms with Crippen LogP contribution in [0.5, 0.6) is 0 Å². The molecule has 0 aliphatic carbocycles. The number of aromatic nitrogens is 1. The van der Waals surface area contributed by atoms with E-state index in [1.54, 1.807) is 18.3 Å². The predicted octanol–water partition coefficient (Wildman–Crippen LogP) is 2.57. The van der Waals surface area contributed by atoms with E-state index in [0.29, 0.717) is 10.8 Å². The molecule has 0 spiro atoms. The fourth-order valence-electron chi connectivity index (χ4n) is 1.96. The topological polar surface area (TPSA) is 51.2 Å². The van der Waals surface area contributed by atoms with Gasteiger partial charge >= 0.3 is 5.97 Å². The van der Waals surface area contributed by atoms with E-state index in [-0.39, 0.29) is 5.97 Å². The maximum atomic E-state index is 11.4. The molecule has 1 aromatic rings. The van der Waals surface area contributed by atoms with Crippen molar-refractivity contribution in [1.29, 1.82) is 0 Å². The van der Waals surface area contributed by atoms with Gasteiger partial charge in [-0.3, -0.25) is 0 Å². The number of rotatable bonds is 4. The van der Waals surface area contributed by atoms with E-state index in [9.17, 15) is 4.79 Å². The van der Waals surface area contributed by atoms with E-state index in [1.807, 2.05) is 11.8 Å². The molecule has 1 aliphatic heterocycles. The van der Waals surface area contributed by atoms with Gasteiger partial charge in [0.25, 0.3) is 0 Å². The summed E-state index contributed by atoms with van der Waals surface area (Å²) >= 11 is 2.02. The number of ether oxygens (including phenoxy) is 1. The second-order valence-electron chi connectivity index (χ2n) is 4.29. The Labute approximate surface area is 112 Å². The summed E-state index contributed by atoms with van der Waals surface area (Å²) in [6, 6.07) is 3.39. The summed E-state index contributed by atoms with van der Waals surface area (Å²) in [5, 5.41) is 3.95. The van der Waals surface area contributed by atoms with Crippen LogP contribution in [0.15, 0.2) is 18.3 Å². The Bertz CT molecular complexity index is 406. The number of carbonyl (C=O) groups is 1. The van der Waals surface area contributed by atoms with Crippen LogP contribution in [0.1, 0.15) is 29.6 Å². The van der Waals surface area contributed by atoms with E-state index in [1.165, 1.54) is 32.1 Å². The summed E-state index contributed by atoms with van der Waals surface area (Å²) in [6.07, 6.45) is 5.53. The normalized spacial score (nSPS) is 19.3. The highest BCUT2D eigenvalue weighted by molar-refractivity contribution is 7.99. The minimum absolute atomic E-state index is 0.326. The van der Waals surface area contributed by atoms with Crippen molar-refractivity contribution < 1.29 is 9.53 Å². The second kappa shape index (κ2) is 6.64. The Morgan fingerprint density at radius 2 is 2.50 bits per heavy atom. The van der Waals surface area contributed by atoms with E-state index < -0.39 is 0 Å². The zero-order valence-electron chi connectivity index (χ0n) is 10.5. The fourth-order valence-corrected chi connectivity index (χ4v) is 3.20. The smallest absolute Gasteiger partial charge is 0.338 e. The molecule has 2 heterocycles. The monoisotopic (exact) mass is 266 g/mol. The van der Waals surface area contributed by atoms with E-state index in [2.05, 4.69) is 15.0 Å². The minimum Gasteiger partial charge on any atom is -0.465 e. The number of pyridine rings is 1. The summed E-state index contributed by atoms with van der Waals surface area (Å²) < 4.78 is 4.69. The molecule has 1 fully saturated rings.